The zero-order chi connectivity index (χ0) is 23.4. The Labute approximate surface area is 219 Å². The van der Waals surface area contributed by atoms with E-state index in [2.05, 4.69) is 33.4 Å². The van der Waals surface area contributed by atoms with Crippen molar-refractivity contribution in [3.63, 3.8) is 0 Å². The molecule has 0 aromatic heterocycles. The quantitative estimate of drug-likeness (QED) is 0.423. The second-order valence-electron chi connectivity index (χ2n) is 10.5. The lowest BCUT2D eigenvalue weighted by atomic mass is 9.77. The Morgan fingerprint density at radius 2 is 1.74 bits per heavy atom. The lowest BCUT2D eigenvalue weighted by Gasteiger charge is -2.33. The zero-order valence-electron chi connectivity index (χ0n) is 18.9. The van der Waals surface area contributed by atoms with Crippen LogP contribution in [0.1, 0.15) is 56.6 Å². The van der Waals surface area contributed by atoms with Crippen molar-refractivity contribution in [2.24, 2.45) is 28.8 Å². The van der Waals surface area contributed by atoms with E-state index in [0.717, 1.165) is 39.9 Å². The molecule has 4 nitrogen and oxygen atoms in total. The van der Waals surface area contributed by atoms with Gasteiger partial charge in [0.25, 0.3) is 5.91 Å². The third kappa shape index (κ3) is 4.29. The molecule has 3 aliphatic carbocycles. The zero-order valence-corrected chi connectivity index (χ0v) is 22.0. The Bertz CT molecular complexity index is 1140. The van der Waals surface area contributed by atoms with E-state index in [1.54, 1.807) is 6.07 Å². The molecule has 2 aromatic rings. The molecule has 7 heteroatoms. The van der Waals surface area contributed by atoms with Crippen LogP contribution >= 0.6 is 39.1 Å². The number of amides is 1. The standard InChI is InChI=1S/C27H28BrCl2N3O/c28-20-4-1-16(2-5-20)26-14-24(32-33(26)25-8-6-21(29)13-22(25)30)27(34)31-23-7-3-17-9-15-10-18(17)12-19(23)11-15/h1-2,4-6,8,13,15,17-19,23,26H,3,7,9-12,14H2,(H,31,34). The van der Waals surface area contributed by atoms with Gasteiger partial charge in [-0.3, -0.25) is 9.80 Å². The minimum atomic E-state index is -0.103. The average molecular weight is 561 g/mol. The van der Waals surface area contributed by atoms with Crippen molar-refractivity contribution in [2.75, 3.05) is 5.01 Å². The maximum absolute atomic E-state index is 13.5. The summed E-state index contributed by atoms with van der Waals surface area (Å²) in [5.74, 6) is 3.23. The van der Waals surface area contributed by atoms with Gasteiger partial charge in [0.15, 0.2) is 0 Å². The molecule has 6 rings (SSSR count). The van der Waals surface area contributed by atoms with Crippen LogP contribution < -0.4 is 10.3 Å². The van der Waals surface area contributed by atoms with E-state index in [9.17, 15) is 4.79 Å². The highest BCUT2D eigenvalue weighted by molar-refractivity contribution is 9.10. The van der Waals surface area contributed by atoms with E-state index in [1.807, 2.05) is 29.3 Å². The Morgan fingerprint density at radius 1 is 0.971 bits per heavy atom. The van der Waals surface area contributed by atoms with Crippen molar-refractivity contribution in [2.45, 2.75) is 57.0 Å². The van der Waals surface area contributed by atoms with Crippen LogP contribution in [0.4, 0.5) is 5.69 Å². The highest BCUT2D eigenvalue weighted by atomic mass is 79.9. The molecule has 1 amide bonds. The molecule has 3 bridgehead atoms. The smallest absolute Gasteiger partial charge is 0.267 e. The van der Waals surface area contributed by atoms with Gasteiger partial charge in [0.2, 0.25) is 0 Å². The number of hydrogen-bond donors (Lipinski definition) is 1. The first kappa shape index (κ1) is 22.9. The van der Waals surface area contributed by atoms with Crippen LogP contribution in [0.3, 0.4) is 0 Å². The molecule has 34 heavy (non-hydrogen) atoms. The first-order valence-electron chi connectivity index (χ1n) is 12.3. The minimum absolute atomic E-state index is 0.0302. The van der Waals surface area contributed by atoms with Gasteiger partial charge in [0, 0.05) is 22.0 Å². The van der Waals surface area contributed by atoms with Crippen LogP contribution in [0, 0.1) is 23.7 Å². The summed E-state index contributed by atoms with van der Waals surface area (Å²) in [6, 6.07) is 13.8. The van der Waals surface area contributed by atoms with Gasteiger partial charge in [0.05, 0.1) is 16.8 Å². The van der Waals surface area contributed by atoms with Crippen LogP contribution in [0.2, 0.25) is 10.0 Å². The number of nitrogens with one attached hydrogen (secondary N) is 1. The first-order chi connectivity index (χ1) is 16.4. The molecular formula is C27H28BrCl2N3O. The molecule has 0 radical (unpaired) electrons. The lowest BCUT2D eigenvalue weighted by molar-refractivity contribution is -0.116. The van der Waals surface area contributed by atoms with E-state index < -0.39 is 0 Å². The van der Waals surface area contributed by atoms with Crippen LogP contribution in [0.5, 0.6) is 0 Å². The molecule has 6 unspecified atom stereocenters. The fourth-order valence-electron chi connectivity index (χ4n) is 6.97. The molecule has 0 spiro atoms. The number of benzene rings is 2. The molecule has 1 heterocycles. The number of fused-ring (bicyclic) bond motifs is 2. The number of carbonyl (C=O) groups is 1. The summed E-state index contributed by atoms with van der Waals surface area (Å²) >= 11 is 16.2. The third-order valence-electron chi connectivity index (χ3n) is 8.50. The Hall–Kier alpha value is -1.56. The van der Waals surface area contributed by atoms with Crippen molar-refractivity contribution < 1.29 is 4.79 Å². The Morgan fingerprint density at radius 3 is 2.53 bits per heavy atom. The highest BCUT2D eigenvalue weighted by Gasteiger charge is 2.46. The summed E-state index contributed by atoms with van der Waals surface area (Å²) < 4.78 is 1.02. The van der Waals surface area contributed by atoms with Gasteiger partial charge in [-0.15, -0.1) is 0 Å². The van der Waals surface area contributed by atoms with Gasteiger partial charge in [-0.25, -0.2) is 0 Å². The van der Waals surface area contributed by atoms with Crippen LogP contribution in [-0.2, 0) is 4.79 Å². The van der Waals surface area contributed by atoms with Crippen molar-refractivity contribution in [3.8, 4) is 0 Å². The minimum Gasteiger partial charge on any atom is -0.348 e. The summed E-state index contributed by atoms with van der Waals surface area (Å²) in [7, 11) is 0. The molecule has 3 saturated carbocycles. The van der Waals surface area contributed by atoms with Gasteiger partial charge in [-0.05, 0) is 98.1 Å². The molecule has 178 valence electrons. The average Bonchev–Trinajstić information content (AvgIpc) is 3.34. The largest absolute Gasteiger partial charge is 0.348 e. The monoisotopic (exact) mass is 559 g/mol. The van der Waals surface area contributed by atoms with Crippen molar-refractivity contribution in [1.82, 2.24) is 5.32 Å². The number of hydrogen-bond acceptors (Lipinski definition) is 3. The number of carbonyl (C=O) groups excluding carboxylic acids is 1. The molecule has 1 aliphatic heterocycles. The number of anilines is 1. The molecule has 6 atom stereocenters. The predicted molar refractivity (Wildman–Crippen MR) is 141 cm³/mol. The summed E-state index contributed by atoms with van der Waals surface area (Å²) in [6.45, 7) is 0. The fourth-order valence-corrected chi connectivity index (χ4v) is 7.73. The van der Waals surface area contributed by atoms with E-state index in [-0.39, 0.29) is 18.0 Å². The normalized spacial score (nSPS) is 32.0. The van der Waals surface area contributed by atoms with Crippen molar-refractivity contribution >= 4 is 56.4 Å². The van der Waals surface area contributed by atoms with E-state index in [0.29, 0.717) is 28.1 Å². The molecule has 0 saturated heterocycles. The second kappa shape index (κ2) is 9.15. The third-order valence-corrected chi connectivity index (χ3v) is 9.56. The summed E-state index contributed by atoms with van der Waals surface area (Å²) in [5.41, 5.74) is 2.41. The van der Waals surface area contributed by atoms with Gasteiger partial charge in [0.1, 0.15) is 5.71 Å². The summed E-state index contributed by atoms with van der Waals surface area (Å²) in [5, 5.41) is 11.2. The predicted octanol–water partition coefficient (Wildman–Crippen LogP) is 7.39. The van der Waals surface area contributed by atoms with Gasteiger partial charge in [-0.1, -0.05) is 51.3 Å². The Kier molecular flexibility index (Phi) is 6.15. The SMILES string of the molecule is O=C(NC1CCC2CC3CC2CC1C3)C1=NN(c2ccc(Cl)cc2Cl)C(c2ccc(Br)cc2)C1. The van der Waals surface area contributed by atoms with E-state index in [1.165, 1.54) is 32.1 Å². The molecule has 4 aliphatic rings. The highest BCUT2D eigenvalue weighted by Crippen LogP contribution is 2.53. The number of halogens is 3. The van der Waals surface area contributed by atoms with Crippen LogP contribution in [0.25, 0.3) is 0 Å². The first-order valence-corrected chi connectivity index (χ1v) is 13.9. The fraction of sp³-hybridized carbons (Fsp3) is 0.481. The Balaban J connectivity index is 1.26. The molecule has 3 fully saturated rings. The summed E-state index contributed by atoms with van der Waals surface area (Å²) in [6.07, 6.45) is 8.28. The van der Waals surface area contributed by atoms with Crippen molar-refractivity contribution in [1.29, 1.82) is 0 Å². The van der Waals surface area contributed by atoms with Gasteiger partial charge < -0.3 is 5.32 Å². The summed E-state index contributed by atoms with van der Waals surface area (Å²) in [4.78, 5) is 13.5. The second-order valence-corrected chi connectivity index (χ2v) is 12.3. The van der Waals surface area contributed by atoms with Gasteiger partial charge >= 0.3 is 0 Å². The maximum atomic E-state index is 13.5. The molecule has 2 aromatic carbocycles. The number of nitrogens with zero attached hydrogens (tertiary/aromatic N) is 2. The number of rotatable bonds is 4. The number of hydrazone groups is 1. The van der Waals surface area contributed by atoms with Gasteiger partial charge in [-0.2, -0.15) is 5.10 Å². The van der Waals surface area contributed by atoms with Crippen LogP contribution in [-0.4, -0.2) is 17.7 Å². The van der Waals surface area contributed by atoms with Crippen LogP contribution in [0.15, 0.2) is 52.0 Å². The topological polar surface area (TPSA) is 44.7 Å². The maximum Gasteiger partial charge on any atom is 0.267 e. The van der Waals surface area contributed by atoms with E-state index >= 15 is 0 Å². The molecule has 1 N–H and O–H groups in total. The lowest BCUT2D eigenvalue weighted by Crippen LogP contribution is -2.44. The van der Waals surface area contributed by atoms with E-state index in [4.69, 9.17) is 28.3 Å². The molecular weight excluding hydrogens is 533 g/mol. The van der Waals surface area contributed by atoms with Crippen molar-refractivity contribution in [3.05, 3.63) is 62.5 Å².